The molecule has 0 aromatic rings. The van der Waals surface area contributed by atoms with Gasteiger partial charge in [0.15, 0.2) is 31.3 Å². The molecular formula is C53H86O24. The van der Waals surface area contributed by atoms with E-state index in [-0.39, 0.29) is 48.4 Å². The highest BCUT2D eigenvalue weighted by Crippen LogP contribution is 2.76. The van der Waals surface area contributed by atoms with Crippen molar-refractivity contribution in [1.29, 1.82) is 0 Å². The Balaban J connectivity index is 0.975. The van der Waals surface area contributed by atoms with Crippen LogP contribution in [0.15, 0.2) is 11.6 Å². The van der Waals surface area contributed by atoms with Crippen LogP contribution in [0.3, 0.4) is 0 Å². The lowest BCUT2D eigenvalue weighted by Crippen LogP contribution is -2.69. The topological polar surface area (TPSA) is 394 Å². The molecule has 24 nitrogen and oxygen atoms in total. The maximum absolute atomic E-state index is 12.6. The number of fused-ring (bicyclic) bond motifs is 7. The van der Waals surface area contributed by atoms with Crippen molar-refractivity contribution < 1.29 is 119 Å². The van der Waals surface area contributed by atoms with Crippen molar-refractivity contribution in [2.24, 2.45) is 50.2 Å². The Morgan fingerprint density at radius 2 is 1.26 bits per heavy atom. The highest BCUT2D eigenvalue weighted by molar-refractivity contribution is 5.73. The summed E-state index contributed by atoms with van der Waals surface area (Å²) >= 11 is 0. The molecule has 0 amide bonds. The molecular weight excluding hydrogens is 1020 g/mol. The predicted molar refractivity (Wildman–Crippen MR) is 260 cm³/mol. The molecule has 4 saturated heterocycles. The van der Waals surface area contributed by atoms with E-state index in [1.165, 1.54) is 12.5 Å². The van der Waals surface area contributed by atoms with Gasteiger partial charge in [-0.05, 0) is 92.3 Å². The Morgan fingerprint density at radius 1 is 0.623 bits per heavy atom. The number of aliphatic hydroxyl groups is 14. The first kappa shape index (κ1) is 59.9. The quantitative estimate of drug-likeness (QED) is 0.0689. The number of hydrogen-bond donors (Lipinski definition) is 15. The van der Waals surface area contributed by atoms with Crippen molar-refractivity contribution in [1.82, 2.24) is 0 Å². The van der Waals surface area contributed by atoms with Crippen LogP contribution in [0.1, 0.15) is 99.8 Å². The minimum Gasteiger partial charge on any atom is -0.479 e. The second-order valence-electron chi connectivity index (χ2n) is 25.8. The highest BCUT2D eigenvalue weighted by atomic mass is 16.8. The molecule has 4 aliphatic heterocycles. The van der Waals surface area contributed by atoms with E-state index in [2.05, 4.69) is 26.8 Å². The van der Waals surface area contributed by atoms with Crippen molar-refractivity contribution >= 4 is 5.97 Å². The van der Waals surface area contributed by atoms with Crippen LogP contribution in [0.25, 0.3) is 0 Å². The molecule has 24 heteroatoms. The van der Waals surface area contributed by atoms with Gasteiger partial charge in [-0.15, -0.1) is 0 Å². The molecule has 9 aliphatic rings. The third-order valence-corrected chi connectivity index (χ3v) is 21.7. The van der Waals surface area contributed by atoms with E-state index >= 15 is 0 Å². The molecule has 0 radical (unpaired) electrons. The lowest BCUT2D eigenvalue weighted by Gasteiger charge is -2.72. The number of ether oxygens (including phenoxy) is 8. The summed E-state index contributed by atoms with van der Waals surface area (Å²) in [5.41, 5.74) is -2.67. The molecule has 31 atom stereocenters. The first-order valence-electron chi connectivity index (χ1n) is 27.5. The molecule has 0 aromatic carbocycles. The predicted octanol–water partition coefficient (Wildman–Crippen LogP) is -2.89. The summed E-state index contributed by atoms with van der Waals surface area (Å²) in [6, 6.07) is 0. The number of carboxylic acids is 1. The maximum atomic E-state index is 12.6. The van der Waals surface area contributed by atoms with Gasteiger partial charge >= 0.3 is 5.97 Å². The van der Waals surface area contributed by atoms with Crippen molar-refractivity contribution in [2.45, 2.75) is 235 Å². The molecule has 5 aliphatic carbocycles. The van der Waals surface area contributed by atoms with Crippen LogP contribution in [0.5, 0.6) is 0 Å². The van der Waals surface area contributed by atoms with Crippen molar-refractivity contribution in [3.8, 4) is 0 Å². The molecule has 9 rings (SSSR count). The maximum Gasteiger partial charge on any atom is 0.335 e. The molecule has 0 aromatic heterocycles. The van der Waals surface area contributed by atoms with Gasteiger partial charge in [-0.1, -0.05) is 53.2 Å². The molecule has 15 N–H and O–H groups in total. The molecule has 0 spiro atoms. The van der Waals surface area contributed by atoms with E-state index in [0.717, 1.165) is 6.42 Å². The van der Waals surface area contributed by atoms with Gasteiger partial charge in [0.1, 0.15) is 79.4 Å². The molecule has 2 unspecified atom stereocenters. The average Bonchev–Trinajstić information content (AvgIpc) is 3.57. The summed E-state index contributed by atoms with van der Waals surface area (Å²) in [5, 5.41) is 164. The van der Waals surface area contributed by atoms with Crippen molar-refractivity contribution in [3.05, 3.63) is 11.6 Å². The summed E-state index contributed by atoms with van der Waals surface area (Å²) in [7, 11) is 0. The van der Waals surface area contributed by atoms with Gasteiger partial charge < -0.3 is 114 Å². The summed E-state index contributed by atoms with van der Waals surface area (Å²) < 4.78 is 48.2. The first-order valence-corrected chi connectivity index (χ1v) is 27.5. The molecule has 4 saturated carbocycles. The van der Waals surface area contributed by atoms with Gasteiger partial charge in [0.25, 0.3) is 0 Å². The van der Waals surface area contributed by atoms with Gasteiger partial charge in [-0.2, -0.15) is 0 Å². The zero-order valence-electron chi connectivity index (χ0n) is 44.9. The fourth-order valence-corrected chi connectivity index (χ4v) is 16.4. The van der Waals surface area contributed by atoms with E-state index in [1.807, 2.05) is 20.8 Å². The zero-order chi connectivity index (χ0) is 56.4. The second-order valence-corrected chi connectivity index (χ2v) is 25.8. The Morgan fingerprint density at radius 3 is 1.90 bits per heavy atom. The second kappa shape index (κ2) is 21.5. The highest BCUT2D eigenvalue weighted by Gasteiger charge is 2.71. The normalized spacial score (nSPS) is 56.9. The van der Waals surface area contributed by atoms with E-state index in [1.54, 1.807) is 0 Å². The smallest absolute Gasteiger partial charge is 0.335 e. The summed E-state index contributed by atoms with van der Waals surface area (Å²) in [6.45, 7) is 12.2. The molecule has 442 valence electrons. The van der Waals surface area contributed by atoms with Crippen LogP contribution in [-0.4, -0.2) is 244 Å². The largest absolute Gasteiger partial charge is 0.479 e. The number of allylic oxidation sites excluding steroid dienone is 2. The van der Waals surface area contributed by atoms with Gasteiger partial charge in [-0.25, -0.2) is 4.79 Å². The minimum atomic E-state index is -2.12. The Labute approximate surface area is 447 Å². The fourth-order valence-electron chi connectivity index (χ4n) is 16.4. The van der Waals surface area contributed by atoms with Crippen molar-refractivity contribution in [2.75, 3.05) is 26.4 Å². The summed E-state index contributed by atoms with van der Waals surface area (Å²) in [4.78, 5) is 12.6. The third kappa shape index (κ3) is 9.41. The Bertz CT molecular complexity index is 2140. The lowest BCUT2D eigenvalue weighted by atomic mass is 9.33. The average molecular weight is 1110 g/mol. The van der Waals surface area contributed by atoms with E-state index in [0.29, 0.717) is 44.9 Å². The van der Waals surface area contributed by atoms with Crippen LogP contribution in [0.4, 0.5) is 0 Å². The molecule has 0 bridgehead atoms. The standard InChI is InChI=1S/C53H86O24/c1-21-29(58)32(61)37(66)45(71-21)75-39-33(62)31(60)25(17-54)72-46(39)76-40-35(64)34(63)38(43(68)69)74-47(40)73-28-11-12-50(4)26(51(28,5)20-56)10-13-53(7)27(50)9-8-22-23-16-48(2,19-55)42(41(67)49(23,3)14-15-52(22,53)6)77-44-36(65)30(59)24(57)18-70-44/h8,21,23-42,44-47,54-67H,9-20H2,1-7H3,(H,68,69)/t21-,23-,24+,25+,26?,27?,28-,29-,30-,31-,32+,33-,34-,35-,36+,37+,38-,39+,40+,41+,42-,44-,45-,46-,47+,48+,49+,50-,51+,52+,53+/m0/s1. The van der Waals surface area contributed by atoms with Crippen LogP contribution in [-0.2, 0) is 42.7 Å². The summed E-state index contributed by atoms with van der Waals surface area (Å²) in [6.07, 6.45) is -28.8. The number of rotatable bonds is 12. The Hall–Kier alpha value is -1.67. The number of hydrogen-bond acceptors (Lipinski definition) is 23. The zero-order valence-corrected chi connectivity index (χ0v) is 44.9. The van der Waals surface area contributed by atoms with E-state index in [9.17, 15) is 81.4 Å². The van der Waals surface area contributed by atoms with Gasteiger partial charge in [0, 0.05) is 16.2 Å². The van der Waals surface area contributed by atoms with Gasteiger partial charge in [-0.3, -0.25) is 0 Å². The van der Waals surface area contributed by atoms with E-state index < -0.39 is 169 Å². The molecule has 4 heterocycles. The molecule has 77 heavy (non-hydrogen) atoms. The van der Waals surface area contributed by atoms with Crippen LogP contribution in [0.2, 0.25) is 0 Å². The number of aliphatic hydroxyl groups excluding tert-OH is 14. The number of carboxylic acid groups (broad SMARTS) is 1. The minimum absolute atomic E-state index is 0.0650. The number of carbonyl (C=O) groups is 1. The first-order chi connectivity index (χ1) is 36.0. The monoisotopic (exact) mass is 1110 g/mol. The van der Waals surface area contributed by atoms with Gasteiger partial charge in [0.05, 0.1) is 50.8 Å². The Kier molecular flexibility index (Phi) is 16.7. The lowest BCUT2D eigenvalue weighted by molar-refractivity contribution is -0.396. The van der Waals surface area contributed by atoms with E-state index in [4.69, 9.17) is 37.9 Å². The van der Waals surface area contributed by atoms with Crippen LogP contribution >= 0.6 is 0 Å². The summed E-state index contributed by atoms with van der Waals surface area (Å²) in [5.74, 6) is -1.96. The molecule has 8 fully saturated rings. The van der Waals surface area contributed by atoms with Crippen LogP contribution < -0.4 is 0 Å². The van der Waals surface area contributed by atoms with Crippen molar-refractivity contribution in [3.63, 3.8) is 0 Å². The SMILES string of the molecule is C[C@@H]1O[C@@H](O[C@H]2[C@H](O[C@H]3[C@H](O[C@H]4CC[C@@]5(C)C(CC[C@]6(C)C5CC=C5[C@@H]7C[C@](C)(CO)[C@@H](O[C@@H]8OC[C@@H](O)[C@H](O)[C@H]8O)[C@@H](O)[C@]7(C)CC[C@]56C)[C@@]4(C)CO)O[C@H](C(=O)O)[C@@H](O)[C@@H]3O)O[C@H](CO)[C@H](O)[C@@H]2O)[C@H](O)[C@H](O)[C@H]1O. The van der Waals surface area contributed by atoms with Crippen LogP contribution in [0, 0.1) is 50.2 Å². The number of aliphatic carboxylic acids is 1. The third-order valence-electron chi connectivity index (χ3n) is 21.7. The fraction of sp³-hybridized carbons (Fsp3) is 0.943. The van der Waals surface area contributed by atoms with Gasteiger partial charge in [0.2, 0.25) is 0 Å².